The second kappa shape index (κ2) is 5.88. The van der Waals surface area contributed by atoms with Crippen LogP contribution in [0, 0.1) is 11.3 Å². The number of carbonyl (C=O) groups is 1. The van der Waals surface area contributed by atoms with Crippen molar-refractivity contribution in [1.29, 1.82) is 0 Å². The lowest BCUT2D eigenvalue weighted by Gasteiger charge is -2.35. The minimum Gasteiger partial charge on any atom is -0.353 e. The highest BCUT2D eigenvalue weighted by Gasteiger charge is 2.40. The molecular formula is C17H29NO3. The number of hydrogen-bond acceptors (Lipinski definition) is 3. The molecule has 0 radical (unpaired) electrons. The van der Waals surface area contributed by atoms with Gasteiger partial charge in [0, 0.05) is 25.3 Å². The smallest absolute Gasteiger partial charge is 0.220 e. The Balaban J connectivity index is 1.40. The number of hydrogen-bond donors (Lipinski definition) is 1. The van der Waals surface area contributed by atoms with Gasteiger partial charge in [0.25, 0.3) is 0 Å². The predicted molar refractivity (Wildman–Crippen MR) is 80.8 cm³/mol. The highest BCUT2D eigenvalue weighted by Crippen LogP contribution is 2.40. The number of amides is 1. The van der Waals surface area contributed by atoms with Gasteiger partial charge in [-0.1, -0.05) is 13.8 Å². The molecule has 4 heteroatoms. The lowest BCUT2D eigenvalue weighted by Crippen LogP contribution is -2.38. The van der Waals surface area contributed by atoms with Crippen molar-refractivity contribution in [1.82, 2.24) is 5.32 Å². The van der Waals surface area contributed by atoms with Crippen LogP contribution in [-0.2, 0) is 14.3 Å². The topological polar surface area (TPSA) is 47.6 Å². The van der Waals surface area contributed by atoms with E-state index in [1.165, 1.54) is 6.42 Å². The second-order valence-corrected chi connectivity index (χ2v) is 7.93. The summed E-state index contributed by atoms with van der Waals surface area (Å²) in [4.78, 5) is 12.2. The van der Waals surface area contributed by atoms with Crippen molar-refractivity contribution in [3.8, 4) is 0 Å². The zero-order chi connectivity index (χ0) is 14.9. The Morgan fingerprint density at radius 2 is 1.76 bits per heavy atom. The largest absolute Gasteiger partial charge is 0.353 e. The van der Waals surface area contributed by atoms with Crippen LogP contribution in [0.2, 0.25) is 0 Å². The van der Waals surface area contributed by atoms with E-state index in [9.17, 15) is 4.79 Å². The molecule has 3 aliphatic rings. The van der Waals surface area contributed by atoms with Crippen LogP contribution in [0.4, 0.5) is 0 Å². The fourth-order valence-electron chi connectivity index (χ4n) is 4.22. The van der Waals surface area contributed by atoms with E-state index in [-0.39, 0.29) is 11.7 Å². The van der Waals surface area contributed by atoms with E-state index in [1.807, 2.05) is 0 Å². The first-order chi connectivity index (χ1) is 9.96. The maximum absolute atomic E-state index is 12.2. The van der Waals surface area contributed by atoms with Crippen LogP contribution in [0.3, 0.4) is 0 Å². The summed E-state index contributed by atoms with van der Waals surface area (Å²) in [5.74, 6) is 0.437. The van der Waals surface area contributed by atoms with Crippen molar-refractivity contribution in [2.75, 3.05) is 13.2 Å². The van der Waals surface area contributed by atoms with Gasteiger partial charge in [-0.2, -0.15) is 0 Å². The summed E-state index contributed by atoms with van der Waals surface area (Å²) in [7, 11) is 0. The Kier molecular flexibility index (Phi) is 4.28. The zero-order valence-corrected chi connectivity index (χ0v) is 13.5. The summed E-state index contributed by atoms with van der Waals surface area (Å²) in [6, 6.07) is 0.393. The van der Waals surface area contributed by atoms with Crippen LogP contribution >= 0.6 is 0 Å². The maximum atomic E-state index is 12.2. The Labute approximate surface area is 127 Å². The molecule has 2 saturated carbocycles. The molecule has 0 bridgehead atoms. The normalized spacial score (nSPS) is 31.6. The lowest BCUT2D eigenvalue weighted by atomic mass is 9.83. The van der Waals surface area contributed by atoms with E-state index in [2.05, 4.69) is 19.2 Å². The van der Waals surface area contributed by atoms with Crippen LogP contribution in [0.1, 0.15) is 65.2 Å². The number of ether oxygens (including phenoxy) is 2. The van der Waals surface area contributed by atoms with Crippen molar-refractivity contribution < 1.29 is 14.3 Å². The molecule has 4 nitrogen and oxygen atoms in total. The summed E-state index contributed by atoms with van der Waals surface area (Å²) in [6.07, 6.45) is 8.13. The SMILES string of the molecule is CC1(C)CCC(NC(=O)CC2CCC3(CC2)OCCO3)C1. The average Bonchev–Trinajstić information content (AvgIpc) is 3.00. The molecular weight excluding hydrogens is 266 g/mol. The molecule has 3 rings (SSSR count). The van der Waals surface area contributed by atoms with Crippen molar-refractivity contribution in [2.45, 2.75) is 77.0 Å². The Morgan fingerprint density at radius 3 is 2.33 bits per heavy atom. The molecule has 0 aromatic heterocycles. The third-order valence-corrected chi connectivity index (χ3v) is 5.49. The maximum Gasteiger partial charge on any atom is 0.220 e. The van der Waals surface area contributed by atoms with Crippen LogP contribution in [-0.4, -0.2) is 30.9 Å². The van der Waals surface area contributed by atoms with E-state index < -0.39 is 0 Å². The van der Waals surface area contributed by atoms with Gasteiger partial charge in [0.05, 0.1) is 13.2 Å². The summed E-state index contributed by atoms with van der Waals surface area (Å²) >= 11 is 0. The highest BCUT2D eigenvalue weighted by atomic mass is 16.7. The summed E-state index contributed by atoms with van der Waals surface area (Å²) in [5, 5.41) is 3.24. The molecule has 0 aromatic rings. The molecule has 1 saturated heterocycles. The molecule has 0 aromatic carbocycles. The fourth-order valence-corrected chi connectivity index (χ4v) is 4.22. The van der Waals surface area contributed by atoms with Crippen molar-refractivity contribution in [2.24, 2.45) is 11.3 Å². The first kappa shape index (κ1) is 15.3. The summed E-state index contributed by atoms with van der Waals surface area (Å²) < 4.78 is 11.5. The molecule has 1 amide bonds. The van der Waals surface area contributed by atoms with Gasteiger partial charge in [-0.05, 0) is 43.4 Å². The van der Waals surface area contributed by atoms with E-state index in [0.717, 1.165) is 51.7 Å². The predicted octanol–water partition coefficient (Wildman–Crippen LogP) is 3.00. The fraction of sp³-hybridized carbons (Fsp3) is 0.941. The van der Waals surface area contributed by atoms with Crippen molar-refractivity contribution >= 4 is 5.91 Å². The molecule has 1 aliphatic heterocycles. The van der Waals surface area contributed by atoms with Crippen LogP contribution in [0.5, 0.6) is 0 Å². The van der Waals surface area contributed by atoms with Gasteiger partial charge in [-0.3, -0.25) is 4.79 Å². The Bertz CT molecular complexity index is 377. The zero-order valence-electron chi connectivity index (χ0n) is 13.5. The standard InChI is InChI=1S/C17H29NO3/c1-16(2)6-5-14(12-16)18-15(19)11-13-3-7-17(8-4-13)20-9-10-21-17/h13-14H,3-12H2,1-2H3,(H,18,19). The Morgan fingerprint density at radius 1 is 1.10 bits per heavy atom. The van der Waals surface area contributed by atoms with Gasteiger partial charge in [0.2, 0.25) is 5.91 Å². The van der Waals surface area contributed by atoms with E-state index in [4.69, 9.17) is 9.47 Å². The van der Waals surface area contributed by atoms with Gasteiger partial charge in [-0.15, -0.1) is 0 Å². The molecule has 1 heterocycles. The minimum atomic E-state index is -0.303. The monoisotopic (exact) mass is 295 g/mol. The second-order valence-electron chi connectivity index (χ2n) is 7.93. The average molecular weight is 295 g/mol. The van der Waals surface area contributed by atoms with Crippen molar-refractivity contribution in [3.05, 3.63) is 0 Å². The van der Waals surface area contributed by atoms with E-state index in [0.29, 0.717) is 23.8 Å². The lowest BCUT2D eigenvalue weighted by molar-refractivity contribution is -0.183. The third kappa shape index (κ3) is 3.78. The molecule has 3 fully saturated rings. The summed E-state index contributed by atoms with van der Waals surface area (Å²) in [5.41, 5.74) is 0.395. The minimum absolute atomic E-state index is 0.243. The highest BCUT2D eigenvalue weighted by molar-refractivity contribution is 5.76. The Hall–Kier alpha value is -0.610. The number of carbonyl (C=O) groups excluding carboxylic acids is 1. The number of nitrogens with one attached hydrogen (secondary N) is 1. The van der Waals surface area contributed by atoms with Gasteiger partial charge >= 0.3 is 0 Å². The molecule has 1 N–H and O–H groups in total. The summed E-state index contributed by atoms with van der Waals surface area (Å²) in [6.45, 7) is 6.04. The molecule has 120 valence electrons. The van der Waals surface area contributed by atoms with Gasteiger partial charge < -0.3 is 14.8 Å². The van der Waals surface area contributed by atoms with Crippen molar-refractivity contribution in [3.63, 3.8) is 0 Å². The van der Waals surface area contributed by atoms with Gasteiger partial charge in [-0.25, -0.2) is 0 Å². The molecule has 1 spiro atoms. The van der Waals surface area contributed by atoms with E-state index in [1.54, 1.807) is 0 Å². The van der Waals surface area contributed by atoms with Crippen LogP contribution in [0.15, 0.2) is 0 Å². The van der Waals surface area contributed by atoms with Crippen LogP contribution < -0.4 is 5.32 Å². The third-order valence-electron chi connectivity index (χ3n) is 5.49. The van der Waals surface area contributed by atoms with Gasteiger partial charge in [0.15, 0.2) is 5.79 Å². The number of rotatable bonds is 3. The first-order valence-electron chi connectivity index (χ1n) is 8.54. The van der Waals surface area contributed by atoms with Gasteiger partial charge in [0.1, 0.15) is 0 Å². The van der Waals surface area contributed by atoms with Crippen LogP contribution in [0.25, 0.3) is 0 Å². The molecule has 1 unspecified atom stereocenters. The van der Waals surface area contributed by atoms with E-state index >= 15 is 0 Å². The quantitative estimate of drug-likeness (QED) is 0.870. The molecule has 21 heavy (non-hydrogen) atoms. The molecule has 2 aliphatic carbocycles. The first-order valence-corrected chi connectivity index (χ1v) is 8.54. The molecule has 1 atom stereocenters.